The van der Waals surface area contributed by atoms with Crippen molar-refractivity contribution in [3.05, 3.63) is 99.6 Å². The lowest BCUT2D eigenvalue weighted by Gasteiger charge is -2.20. The summed E-state index contributed by atoms with van der Waals surface area (Å²) in [6.07, 6.45) is 0. The van der Waals surface area contributed by atoms with Gasteiger partial charge in [0.2, 0.25) is 0 Å². The van der Waals surface area contributed by atoms with Crippen LogP contribution in [-0.4, -0.2) is 26.5 Å². The van der Waals surface area contributed by atoms with Gasteiger partial charge in [0.1, 0.15) is 12.4 Å². The molecule has 0 atom stereocenters. The molecule has 2 heterocycles. The molecular weight excluding hydrogens is 475 g/mol. The van der Waals surface area contributed by atoms with Crippen LogP contribution >= 0.6 is 11.8 Å². The highest BCUT2D eigenvalue weighted by Crippen LogP contribution is 2.36. The number of aromatic nitrogens is 3. The summed E-state index contributed by atoms with van der Waals surface area (Å²) >= 11 is 1.35. The van der Waals surface area contributed by atoms with E-state index in [9.17, 15) is 14.5 Å². The number of nitro groups is 1. The van der Waals surface area contributed by atoms with Crippen LogP contribution in [0.25, 0.3) is 5.69 Å². The van der Waals surface area contributed by atoms with E-state index < -0.39 is 10.7 Å². The van der Waals surface area contributed by atoms with Gasteiger partial charge in [-0.3, -0.25) is 14.7 Å². The summed E-state index contributed by atoms with van der Waals surface area (Å²) in [4.78, 5) is 11.0. The first-order valence-corrected chi connectivity index (χ1v) is 11.6. The van der Waals surface area contributed by atoms with E-state index in [0.29, 0.717) is 33.6 Å². The average Bonchev–Trinajstić information content (AvgIpc) is 3.29. The van der Waals surface area contributed by atoms with E-state index in [4.69, 9.17) is 14.2 Å². The minimum Gasteiger partial charge on any atom is -0.483 e. The smallest absolute Gasteiger partial charge is 0.270 e. The molecule has 9 nitrogen and oxygen atoms in total. The first-order valence-electron chi connectivity index (χ1n) is 10.6. The lowest BCUT2D eigenvalue weighted by atomic mass is 10.1. The molecule has 1 aliphatic heterocycles. The Morgan fingerprint density at radius 1 is 1.11 bits per heavy atom. The predicted octanol–water partition coefficient (Wildman–Crippen LogP) is 5.05. The molecule has 0 fully saturated rings. The maximum absolute atomic E-state index is 14.0. The van der Waals surface area contributed by atoms with Crippen molar-refractivity contribution in [3.63, 3.8) is 0 Å². The van der Waals surface area contributed by atoms with Crippen LogP contribution < -0.4 is 9.47 Å². The van der Waals surface area contributed by atoms with Crippen molar-refractivity contribution in [1.82, 2.24) is 14.8 Å². The van der Waals surface area contributed by atoms with E-state index >= 15 is 0 Å². The van der Waals surface area contributed by atoms with Gasteiger partial charge in [-0.2, -0.15) is 0 Å². The number of para-hydroxylation sites is 2. The number of thioether (sulfide) groups is 1. The summed E-state index contributed by atoms with van der Waals surface area (Å²) < 4.78 is 32.4. The number of ether oxygens (including phenoxy) is 3. The van der Waals surface area contributed by atoms with Gasteiger partial charge in [-0.25, -0.2) is 4.39 Å². The number of nitrogens with zero attached hydrogens (tertiary/aromatic N) is 4. The fourth-order valence-corrected chi connectivity index (χ4v) is 4.60. The van der Waals surface area contributed by atoms with Gasteiger partial charge in [0.05, 0.1) is 11.5 Å². The SMILES string of the molecule is O=[N+]([O-])c1cc2c(c(CSc3nnc(COc4ccccc4F)n3-c3ccccc3)c1)OCOC2. The minimum absolute atomic E-state index is 0.00392. The van der Waals surface area contributed by atoms with Gasteiger partial charge in [0, 0.05) is 34.7 Å². The Balaban J connectivity index is 1.44. The maximum atomic E-state index is 14.0. The van der Waals surface area contributed by atoms with Crippen LogP contribution in [0.2, 0.25) is 0 Å². The third-order valence-electron chi connectivity index (χ3n) is 5.25. The zero-order valence-electron chi connectivity index (χ0n) is 18.3. The molecule has 5 rings (SSSR count). The van der Waals surface area contributed by atoms with Crippen molar-refractivity contribution in [2.75, 3.05) is 6.79 Å². The van der Waals surface area contributed by atoms with Crippen molar-refractivity contribution in [3.8, 4) is 17.2 Å². The van der Waals surface area contributed by atoms with E-state index in [1.807, 2.05) is 34.9 Å². The topological polar surface area (TPSA) is 102 Å². The van der Waals surface area contributed by atoms with Gasteiger partial charge < -0.3 is 14.2 Å². The zero-order chi connectivity index (χ0) is 24.2. The number of nitro benzene ring substituents is 1. The van der Waals surface area contributed by atoms with E-state index in [0.717, 1.165) is 5.69 Å². The number of hydrogen-bond donors (Lipinski definition) is 0. The summed E-state index contributed by atoms with van der Waals surface area (Å²) in [5.41, 5.74) is 2.06. The number of rotatable bonds is 8. The Hall–Kier alpha value is -3.96. The van der Waals surface area contributed by atoms with Crippen molar-refractivity contribution in [2.45, 2.75) is 24.1 Å². The maximum Gasteiger partial charge on any atom is 0.270 e. The molecule has 0 saturated heterocycles. The zero-order valence-corrected chi connectivity index (χ0v) is 19.1. The Morgan fingerprint density at radius 2 is 1.91 bits per heavy atom. The quantitative estimate of drug-likeness (QED) is 0.190. The Bertz CT molecular complexity index is 1370. The molecular formula is C24H19FN4O5S. The summed E-state index contributed by atoms with van der Waals surface area (Å²) in [7, 11) is 0. The molecule has 0 unspecified atom stereocenters. The molecule has 0 amide bonds. The predicted molar refractivity (Wildman–Crippen MR) is 125 cm³/mol. The molecule has 0 aliphatic carbocycles. The molecule has 1 aliphatic rings. The molecule has 3 aromatic carbocycles. The minimum atomic E-state index is -0.465. The van der Waals surface area contributed by atoms with Crippen LogP contribution in [0.5, 0.6) is 11.5 Å². The van der Waals surface area contributed by atoms with Crippen LogP contribution in [0.1, 0.15) is 17.0 Å². The molecule has 4 aromatic rings. The van der Waals surface area contributed by atoms with Crippen LogP contribution in [0.4, 0.5) is 10.1 Å². The van der Waals surface area contributed by atoms with Crippen LogP contribution in [0, 0.1) is 15.9 Å². The highest BCUT2D eigenvalue weighted by Gasteiger charge is 2.22. The summed E-state index contributed by atoms with van der Waals surface area (Å²) in [6.45, 7) is 0.322. The monoisotopic (exact) mass is 494 g/mol. The molecule has 1 aromatic heterocycles. The van der Waals surface area contributed by atoms with Gasteiger partial charge in [-0.05, 0) is 24.3 Å². The van der Waals surface area contributed by atoms with Gasteiger partial charge in [-0.15, -0.1) is 10.2 Å². The van der Waals surface area contributed by atoms with Crippen molar-refractivity contribution in [2.24, 2.45) is 0 Å². The van der Waals surface area contributed by atoms with E-state index in [2.05, 4.69) is 10.2 Å². The summed E-state index contributed by atoms with van der Waals surface area (Å²) in [5.74, 6) is 1.07. The van der Waals surface area contributed by atoms with E-state index in [-0.39, 0.29) is 31.4 Å². The summed E-state index contributed by atoms with van der Waals surface area (Å²) in [6, 6.07) is 18.6. The lowest BCUT2D eigenvalue weighted by molar-refractivity contribution is -0.385. The lowest BCUT2D eigenvalue weighted by Crippen LogP contribution is -2.13. The second kappa shape index (κ2) is 10.1. The highest BCUT2D eigenvalue weighted by atomic mass is 32.2. The van der Waals surface area contributed by atoms with Gasteiger partial charge in [0.25, 0.3) is 5.69 Å². The molecule has 35 heavy (non-hydrogen) atoms. The van der Waals surface area contributed by atoms with Crippen molar-refractivity contribution < 1.29 is 23.5 Å². The highest BCUT2D eigenvalue weighted by molar-refractivity contribution is 7.98. The normalized spacial score (nSPS) is 12.6. The fraction of sp³-hybridized carbons (Fsp3) is 0.167. The van der Waals surface area contributed by atoms with Gasteiger partial charge in [0.15, 0.2) is 29.3 Å². The van der Waals surface area contributed by atoms with Crippen LogP contribution in [0.15, 0.2) is 71.9 Å². The molecule has 0 spiro atoms. The van der Waals surface area contributed by atoms with Crippen LogP contribution in [0.3, 0.4) is 0 Å². The van der Waals surface area contributed by atoms with Crippen molar-refractivity contribution in [1.29, 1.82) is 0 Å². The average molecular weight is 495 g/mol. The molecule has 0 saturated carbocycles. The third-order valence-corrected chi connectivity index (χ3v) is 6.23. The van der Waals surface area contributed by atoms with E-state index in [1.54, 1.807) is 18.2 Å². The second-order valence-electron chi connectivity index (χ2n) is 7.54. The molecule has 11 heteroatoms. The number of non-ortho nitro benzene ring substituents is 1. The van der Waals surface area contributed by atoms with E-state index in [1.165, 1.54) is 30.0 Å². The third kappa shape index (κ3) is 4.96. The fourth-order valence-electron chi connectivity index (χ4n) is 3.66. The molecule has 0 bridgehead atoms. The standard InChI is InChI=1S/C24H19FN4O5S/c25-20-8-4-5-9-21(20)33-13-22-26-27-24(28(22)18-6-2-1-3-7-18)35-14-17-11-19(29(30)31)10-16-12-32-15-34-23(16)17/h1-11H,12-15H2. The van der Waals surface area contributed by atoms with Gasteiger partial charge >= 0.3 is 0 Å². The number of hydrogen-bond acceptors (Lipinski definition) is 8. The molecule has 0 N–H and O–H groups in total. The Labute approximate surface area is 203 Å². The largest absolute Gasteiger partial charge is 0.483 e. The second-order valence-corrected chi connectivity index (χ2v) is 8.48. The first kappa shape index (κ1) is 22.8. The number of benzene rings is 3. The van der Waals surface area contributed by atoms with Crippen LogP contribution in [-0.2, 0) is 23.7 Å². The number of halogens is 1. The van der Waals surface area contributed by atoms with Crippen molar-refractivity contribution >= 4 is 17.4 Å². The number of fused-ring (bicyclic) bond motifs is 1. The first-order chi connectivity index (χ1) is 17.1. The molecule has 0 radical (unpaired) electrons. The summed E-state index contributed by atoms with van der Waals surface area (Å²) in [5, 5.41) is 20.6. The molecule has 178 valence electrons. The van der Waals surface area contributed by atoms with Gasteiger partial charge in [-0.1, -0.05) is 42.1 Å². The Morgan fingerprint density at radius 3 is 2.71 bits per heavy atom. The Kier molecular flexibility index (Phi) is 6.59.